The number of nitrogens with zero attached hydrogens (tertiary/aromatic N) is 1. The van der Waals surface area contributed by atoms with Gasteiger partial charge in [-0.3, -0.25) is 9.36 Å². The standard InChI is InChI=1S/C31H56NO7P/c1-3-4-5-6-7-8-9-10-11-12-13-14-15-16-17-19-22-30(33)27-37-28-31(36-2)29-39-40(34,35)38-26-25-32-23-20-18-21-24-32/h18,20-21,23-24,31H,3-17,19,22,25-29H2,1-2H3. The van der Waals surface area contributed by atoms with E-state index in [1.807, 2.05) is 35.2 Å². The number of pyridine rings is 1. The zero-order chi connectivity index (χ0) is 29.2. The van der Waals surface area contributed by atoms with Crippen LogP contribution in [0.15, 0.2) is 30.6 Å². The number of phosphoric acid groups is 1. The molecule has 0 spiro atoms. The van der Waals surface area contributed by atoms with Crippen LogP contribution in [-0.4, -0.2) is 45.4 Å². The Morgan fingerprint density at radius 1 is 0.775 bits per heavy atom. The topological polar surface area (TPSA) is 98.0 Å². The van der Waals surface area contributed by atoms with Gasteiger partial charge in [-0.05, 0) is 6.42 Å². The number of methoxy groups -OCH3 is 1. The molecule has 1 aromatic heterocycles. The van der Waals surface area contributed by atoms with E-state index in [0.29, 0.717) is 13.0 Å². The number of carbonyl (C=O) groups excluding carboxylic acids is 1. The first-order valence-electron chi connectivity index (χ1n) is 15.6. The first-order chi connectivity index (χ1) is 19.5. The number of aromatic nitrogens is 1. The fraction of sp³-hybridized carbons (Fsp3) is 0.806. The maximum atomic E-state index is 12.1. The van der Waals surface area contributed by atoms with Crippen molar-refractivity contribution < 1.29 is 37.3 Å². The Labute approximate surface area is 243 Å². The number of rotatable bonds is 29. The number of ether oxygens (including phenoxy) is 2. The lowest BCUT2D eigenvalue weighted by atomic mass is 10.0. The number of hydrogen-bond acceptors (Lipinski definition) is 7. The third kappa shape index (κ3) is 22.5. The predicted molar refractivity (Wildman–Crippen MR) is 157 cm³/mol. The van der Waals surface area contributed by atoms with E-state index in [2.05, 4.69) is 6.92 Å². The molecule has 1 aromatic rings. The van der Waals surface area contributed by atoms with Crippen molar-refractivity contribution in [3.63, 3.8) is 0 Å². The van der Waals surface area contributed by atoms with Gasteiger partial charge in [-0.1, -0.05) is 109 Å². The molecule has 9 heteroatoms. The van der Waals surface area contributed by atoms with Crippen LogP contribution < -0.4 is 9.46 Å². The van der Waals surface area contributed by atoms with Crippen molar-refractivity contribution in [2.24, 2.45) is 0 Å². The van der Waals surface area contributed by atoms with Gasteiger partial charge in [0.15, 0.2) is 24.7 Å². The molecule has 232 valence electrons. The van der Waals surface area contributed by atoms with E-state index >= 15 is 0 Å². The van der Waals surface area contributed by atoms with E-state index in [-0.39, 0.29) is 32.2 Å². The van der Waals surface area contributed by atoms with Gasteiger partial charge in [-0.25, -0.2) is 4.57 Å². The Morgan fingerprint density at radius 2 is 1.30 bits per heavy atom. The molecule has 1 rings (SSSR count). The lowest BCUT2D eigenvalue weighted by molar-refractivity contribution is -0.697. The monoisotopic (exact) mass is 585 g/mol. The van der Waals surface area contributed by atoms with Crippen LogP contribution in [0.5, 0.6) is 0 Å². The summed E-state index contributed by atoms with van der Waals surface area (Å²) in [6, 6.07) is 5.57. The summed E-state index contributed by atoms with van der Waals surface area (Å²) in [6.45, 7) is 2.46. The number of unbranched alkanes of at least 4 members (excludes halogenated alkanes) is 15. The molecule has 2 atom stereocenters. The van der Waals surface area contributed by atoms with E-state index in [4.69, 9.17) is 18.5 Å². The Bertz CT molecular complexity index is 765. The van der Waals surface area contributed by atoms with Gasteiger partial charge in [0.1, 0.15) is 19.3 Å². The highest BCUT2D eigenvalue weighted by Crippen LogP contribution is 2.38. The lowest BCUT2D eigenvalue weighted by Crippen LogP contribution is -2.35. The van der Waals surface area contributed by atoms with Crippen LogP contribution in [0.3, 0.4) is 0 Å². The van der Waals surface area contributed by atoms with Crippen LogP contribution in [0, 0.1) is 0 Å². The fourth-order valence-electron chi connectivity index (χ4n) is 4.48. The highest BCUT2D eigenvalue weighted by Gasteiger charge is 2.16. The van der Waals surface area contributed by atoms with Crippen LogP contribution in [0.4, 0.5) is 0 Å². The van der Waals surface area contributed by atoms with Crippen molar-refractivity contribution >= 4 is 13.6 Å². The molecule has 2 unspecified atom stereocenters. The second-order valence-electron chi connectivity index (χ2n) is 10.7. The van der Waals surface area contributed by atoms with Gasteiger partial charge in [-0.15, -0.1) is 0 Å². The first-order valence-corrected chi connectivity index (χ1v) is 17.1. The summed E-state index contributed by atoms with van der Waals surface area (Å²) >= 11 is 0. The first kappa shape index (κ1) is 36.9. The van der Waals surface area contributed by atoms with E-state index < -0.39 is 13.9 Å². The predicted octanol–water partition coefficient (Wildman–Crippen LogP) is 6.73. The van der Waals surface area contributed by atoms with Crippen molar-refractivity contribution in [3.8, 4) is 0 Å². The molecular weight excluding hydrogens is 529 g/mol. The third-order valence-electron chi connectivity index (χ3n) is 7.00. The summed E-state index contributed by atoms with van der Waals surface area (Å²) in [5, 5.41) is 0. The van der Waals surface area contributed by atoms with Gasteiger partial charge in [0, 0.05) is 25.7 Å². The van der Waals surface area contributed by atoms with Gasteiger partial charge < -0.3 is 23.4 Å². The summed E-state index contributed by atoms with van der Waals surface area (Å²) in [6.07, 6.45) is 24.4. The van der Waals surface area contributed by atoms with Crippen molar-refractivity contribution in [1.82, 2.24) is 0 Å². The smallest absolute Gasteiger partial charge is 0.268 e. The molecule has 40 heavy (non-hydrogen) atoms. The molecule has 0 N–H and O–H groups in total. The summed E-state index contributed by atoms with van der Waals surface area (Å²) in [5.41, 5.74) is 0. The van der Waals surface area contributed by atoms with Gasteiger partial charge >= 0.3 is 0 Å². The Kier molecular flexibility index (Phi) is 23.6. The average Bonchev–Trinajstić information content (AvgIpc) is 2.95. The zero-order valence-corrected chi connectivity index (χ0v) is 26.2. The van der Waals surface area contributed by atoms with Gasteiger partial charge in [0.25, 0.3) is 7.82 Å². The van der Waals surface area contributed by atoms with Crippen LogP contribution in [0.2, 0.25) is 0 Å². The van der Waals surface area contributed by atoms with E-state index in [9.17, 15) is 14.3 Å². The largest absolute Gasteiger partial charge is 0.756 e. The van der Waals surface area contributed by atoms with Crippen LogP contribution in [0.1, 0.15) is 116 Å². The van der Waals surface area contributed by atoms with Crippen molar-refractivity contribution in [2.45, 2.75) is 129 Å². The minimum absolute atomic E-state index is 0.00155. The van der Waals surface area contributed by atoms with Crippen LogP contribution in [0.25, 0.3) is 0 Å². The van der Waals surface area contributed by atoms with Crippen LogP contribution in [-0.2, 0) is 34.4 Å². The van der Waals surface area contributed by atoms with E-state index in [1.54, 1.807) is 0 Å². The normalized spacial score (nSPS) is 13.8. The molecule has 0 bridgehead atoms. The number of phosphoric ester groups is 1. The summed E-state index contributed by atoms with van der Waals surface area (Å²) in [4.78, 5) is 24.1. The summed E-state index contributed by atoms with van der Waals surface area (Å²) in [5.74, 6) is 0.0531. The van der Waals surface area contributed by atoms with Crippen molar-refractivity contribution in [3.05, 3.63) is 30.6 Å². The van der Waals surface area contributed by atoms with Gasteiger partial charge in [0.05, 0.1) is 13.2 Å². The molecule has 0 aliphatic heterocycles. The molecule has 0 aliphatic rings. The molecular formula is C31H56NO7P. The molecule has 0 fully saturated rings. The molecule has 0 saturated heterocycles. The number of ketones is 1. The minimum atomic E-state index is -4.45. The average molecular weight is 586 g/mol. The van der Waals surface area contributed by atoms with Crippen molar-refractivity contribution in [2.75, 3.05) is 33.5 Å². The molecule has 0 aromatic carbocycles. The second-order valence-corrected chi connectivity index (χ2v) is 12.1. The number of Topliss-reactive ketones (excluding diaryl/α,β-unsaturated/α-hetero) is 1. The van der Waals surface area contributed by atoms with Crippen LogP contribution >= 0.6 is 7.82 Å². The number of hydrogen-bond donors (Lipinski definition) is 0. The summed E-state index contributed by atoms with van der Waals surface area (Å²) < 4.78 is 34.3. The highest BCUT2D eigenvalue weighted by molar-refractivity contribution is 7.45. The lowest BCUT2D eigenvalue weighted by Gasteiger charge is -2.24. The summed E-state index contributed by atoms with van der Waals surface area (Å²) in [7, 11) is -3.01. The second kappa shape index (κ2) is 25.6. The Hall–Kier alpha value is -1.15. The highest BCUT2D eigenvalue weighted by atomic mass is 31.2. The Morgan fingerprint density at radius 3 is 1.82 bits per heavy atom. The molecule has 1 heterocycles. The minimum Gasteiger partial charge on any atom is -0.756 e. The van der Waals surface area contributed by atoms with Crippen molar-refractivity contribution in [1.29, 1.82) is 0 Å². The number of carbonyl (C=O) groups is 1. The molecule has 0 aliphatic carbocycles. The molecule has 0 amide bonds. The zero-order valence-electron chi connectivity index (χ0n) is 25.3. The Balaban J connectivity index is 1.93. The van der Waals surface area contributed by atoms with E-state index in [1.165, 1.54) is 97.0 Å². The van der Waals surface area contributed by atoms with Gasteiger partial charge in [0.2, 0.25) is 0 Å². The molecule has 0 radical (unpaired) electrons. The SMILES string of the molecule is CCCCCCCCCCCCCCCCCCC(=O)COCC(COP(=O)([O-])OCC[n+]1ccccc1)OC. The molecule has 0 saturated carbocycles. The third-order valence-corrected chi connectivity index (χ3v) is 7.97. The fourth-order valence-corrected chi connectivity index (χ4v) is 5.21. The molecule has 8 nitrogen and oxygen atoms in total. The maximum Gasteiger partial charge on any atom is 0.268 e. The quantitative estimate of drug-likeness (QED) is 0.0584. The van der Waals surface area contributed by atoms with Gasteiger partial charge in [-0.2, -0.15) is 0 Å². The maximum absolute atomic E-state index is 12.1. The van der Waals surface area contributed by atoms with E-state index in [0.717, 1.165) is 12.8 Å².